The van der Waals surface area contributed by atoms with Gasteiger partial charge in [-0.25, -0.2) is 4.68 Å². The molecule has 0 aliphatic carbocycles. The molecule has 6 nitrogen and oxygen atoms in total. The third-order valence-electron chi connectivity index (χ3n) is 3.22. The van der Waals surface area contributed by atoms with Gasteiger partial charge in [-0.3, -0.25) is 19.5 Å². The fourth-order valence-electron chi connectivity index (χ4n) is 2.03. The molecule has 22 heavy (non-hydrogen) atoms. The van der Waals surface area contributed by atoms with Gasteiger partial charge in [0.2, 0.25) is 0 Å². The zero-order valence-corrected chi connectivity index (χ0v) is 13.0. The third kappa shape index (κ3) is 2.80. The maximum Gasteiger partial charge on any atom is 0.312 e. The fourth-order valence-corrected chi connectivity index (χ4v) is 2.38. The lowest BCUT2D eigenvalue weighted by Crippen LogP contribution is -2.22. The number of aliphatic carboxylic acids is 1. The summed E-state index contributed by atoms with van der Waals surface area (Å²) >= 11 is 11.6. The van der Waals surface area contributed by atoms with Crippen molar-refractivity contribution in [1.82, 2.24) is 9.78 Å². The predicted octanol–water partition coefficient (Wildman–Crippen LogP) is 2.43. The molecule has 2 rings (SSSR count). The van der Waals surface area contributed by atoms with Crippen molar-refractivity contribution in [3.63, 3.8) is 0 Å². The van der Waals surface area contributed by atoms with Crippen molar-refractivity contribution in [1.29, 1.82) is 0 Å². The molecule has 2 N–H and O–H groups in total. The van der Waals surface area contributed by atoms with Crippen LogP contribution in [0.4, 0.5) is 0 Å². The Bertz CT molecular complexity index is 794. The summed E-state index contributed by atoms with van der Waals surface area (Å²) in [6, 6.07) is 6.50. The van der Waals surface area contributed by atoms with Crippen LogP contribution in [-0.4, -0.2) is 32.5 Å². The molecule has 0 saturated heterocycles. The third-order valence-corrected chi connectivity index (χ3v) is 3.78. The standard InChI is InChI=1S/C14H12Cl2N2O4/c1-7(14(21)22)12-11(10(19)6-15)13(20)18(17-12)9-5-3-2-4-8(9)16/h2-5,7,17H,6H2,1H3,(H,21,22). The largest absolute Gasteiger partial charge is 0.481 e. The van der Waals surface area contributed by atoms with Gasteiger partial charge in [-0.2, -0.15) is 0 Å². The van der Waals surface area contributed by atoms with Crippen LogP contribution in [0.3, 0.4) is 0 Å². The second-order valence-corrected chi connectivity index (χ2v) is 5.28. The number of carboxylic acid groups (broad SMARTS) is 1. The van der Waals surface area contributed by atoms with Gasteiger partial charge >= 0.3 is 5.97 Å². The number of alkyl halides is 1. The van der Waals surface area contributed by atoms with Gasteiger partial charge in [0.15, 0.2) is 5.78 Å². The minimum Gasteiger partial charge on any atom is -0.481 e. The Hall–Kier alpha value is -2.05. The molecule has 1 unspecified atom stereocenters. The van der Waals surface area contributed by atoms with Crippen LogP contribution in [0.2, 0.25) is 5.02 Å². The first-order valence-electron chi connectivity index (χ1n) is 6.30. The average Bonchev–Trinajstić information content (AvgIpc) is 2.83. The van der Waals surface area contributed by atoms with Crippen LogP contribution in [0.25, 0.3) is 5.69 Å². The van der Waals surface area contributed by atoms with Crippen molar-refractivity contribution in [2.24, 2.45) is 0 Å². The first-order valence-corrected chi connectivity index (χ1v) is 7.21. The number of ketones is 1. The summed E-state index contributed by atoms with van der Waals surface area (Å²) < 4.78 is 1.05. The number of nitrogens with one attached hydrogen (secondary N) is 1. The van der Waals surface area contributed by atoms with Crippen molar-refractivity contribution in [2.75, 3.05) is 5.88 Å². The van der Waals surface area contributed by atoms with E-state index in [0.29, 0.717) is 5.69 Å². The van der Waals surface area contributed by atoms with Crippen molar-refractivity contribution in [2.45, 2.75) is 12.8 Å². The highest BCUT2D eigenvalue weighted by molar-refractivity contribution is 6.32. The zero-order valence-electron chi connectivity index (χ0n) is 11.5. The number of carboxylic acids is 1. The summed E-state index contributed by atoms with van der Waals surface area (Å²) in [7, 11) is 0. The molecule has 1 aromatic heterocycles. The van der Waals surface area contributed by atoms with Crippen molar-refractivity contribution in [3.8, 4) is 5.69 Å². The highest BCUT2D eigenvalue weighted by Gasteiger charge is 2.28. The summed E-state index contributed by atoms with van der Waals surface area (Å²) in [4.78, 5) is 35.6. The van der Waals surface area contributed by atoms with E-state index in [1.165, 1.54) is 6.92 Å². The topological polar surface area (TPSA) is 92.2 Å². The lowest BCUT2D eigenvalue weighted by molar-refractivity contribution is -0.138. The summed E-state index contributed by atoms with van der Waals surface area (Å²) in [5.41, 5.74) is -0.614. The summed E-state index contributed by atoms with van der Waals surface area (Å²) in [6.45, 7) is 1.37. The second kappa shape index (κ2) is 6.37. The van der Waals surface area contributed by atoms with E-state index in [9.17, 15) is 14.4 Å². The molecule has 1 heterocycles. The molecular weight excluding hydrogens is 331 g/mol. The van der Waals surface area contributed by atoms with Gasteiger partial charge < -0.3 is 5.11 Å². The molecule has 116 valence electrons. The molecule has 0 saturated carbocycles. The van der Waals surface area contributed by atoms with E-state index in [0.717, 1.165) is 4.68 Å². The van der Waals surface area contributed by atoms with Crippen molar-refractivity contribution in [3.05, 3.63) is 50.9 Å². The second-order valence-electron chi connectivity index (χ2n) is 4.61. The lowest BCUT2D eigenvalue weighted by atomic mass is 10.0. The number of aromatic nitrogens is 2. The van der Waals surface area contributed by atoms with E-state index in [2.05, 4.69) is 5.10 Å². The Morgan fingerprint density at radius 1 is 1.36 bits per heavy atom. The Morgan fingerprint density at radius 3 is 2.55 bits per heavy atom. The van der Waals surface area contributed by atoms with Crippen LogP contribution in [0, 0.1) is 0 Å². The van der Waals surface area contributed by atoms with Gasteiger partial charge in [0, 0.05) is 0 Å². The molecule has 0 radical (unpaired) electrons. The van der Waals surface area contributed by atoms with Gasteiger partial charge in [-0.1, -0.05) is 23.7 Å². The predicted molar refractivity (Wildman–Crippen MR) is 82.5 cm³/mol. The Kier molecular flexibility index (Phi) is 4.73. The molecule has 2 aromatic rings. The summed E-state index contributed by atoms with van der Waals surface area (Å²) in [5.74, 6) is -3.30. The molecule has 0 spiro atoms. The Labute approximate surface area is 135 Å². The molecule has 8 heteroatoms. The normalized spacial score (nSPS) is 12.1. The first kappa shape index (κ1) is 16.3. The number of H-pyrrole nitrogens is 1. The van der Waals surface area contributed by atoms with Crippen LogP contribution in [0.5, 0.6) is 0 Å². The molecule has 0 aliphatic heterocycles. The number of para-hydroxylation sites is 1. The molecule has 0 amide bonds. The number of Topliss-reactive ketones (excluding diaryl/α,β-unsaturated/α-hetero) is 1. The number of rotatable bonds is 5. The SMILES string of the molecule is CC(C(=O)O)c1[nH]n(-c2ccccc2Cl)c(=O)c1C(=O)CCl. The minimum atomic E-state index is -1.17. The quantitative estimate of drug-likeness (QED) is 0.644. The number of benzene rings is 1. The number of aromatic amines is 1. The number of hydrogen-bond acceptors (Lipinski definition) is 3. The molecule has 1 aromatic carbocycles. The minimum absolute atomic E-state index is 0.00284. The smallest absolute Gasteiger partial charge is 0.312 e. The first-order chi connectivity index (χ1) is 10.4. The molecule has 0 fully saturated rings. The van der Waals surface area contributed by atoms with Crippen LogP contribution in [-0.2, 0) is 4.79 Å². The number of halogens is 2. The van der Waals surface area contributed by atoms with E-state index >= 15 is 0 Å². The molecular formula is C14H12Cl2N2O4. The number of nitrogens with zero attached hydrogens (tertiary/aromatic N) is 1. The van der Waals surface area contributed by atoms with Crippen LogP contribution >= 0.6 is 23.2 Å². The molecule has 1 atom stereocenters. The molecule has 0 bridgehead atoms. The fraction of sp³-hybridized carbons (Fsp3) is 0.214. The van der Waals surface area contributed by atoms with E-state index < -0.39 is 29.1 Å². The highest BCUT2D eigenvalue weighted by atomic mass is 35.5. The number of carbonyl (C=O) groups excluding carboxylic acids is 1. The monoisotopic (exact) mass is 342 g/mol. The summed E-state index contributed by atoms with van der Waals surface area (Å²) in [6.07, 6.45) is 0. The van der Waals surface area contributed by atoms with Crippen LogP contribution in [0.15, 0.2) is 29.1 Å². The Balaban J connectivity index is 2.74. The van der Waals surface area contributed by atoms with E-state index in [4.69, 9.17) is 28.3 Å². The summed E-state index contributed by atoms with van der Waals surface area (Å²) in [5, 5.41) is 12.1. The van der Waals surface area contributed by atoms with Gasteiger partial charge in [0.25, 0.3) is 5.56 Å². The molecule has 0 aliphatic rings. The number of hydrogen-bond donors (Lipinski definition) is 2. The van der Waals surface area contributed by atoms with Crippen LogP contribution in [0.1, 0.15) is 28.9 Å². The van der Waals surface area contributed by atoms with E-state index in [1.54, 1.807) is 24.3 Å². The highest BCUT2D eigenvalue weighted by Crippen LogP contribution is 2.22. The maximum absolute atomic E-state index is 12.5. The van der Waals surface area contributed by atoms with Crippen molar-refractivity contribution >= 4 is 35.0 Å². The van der Waals surface area contributed by atoms with Crippen molar-refractivity contribution < 1.29 is 14.7 Å². The average molecular weight is 343 g/mol. The Morgan fingerprint density at radius 2 is 2.00 bits per heavy atom. The van der Waals surface area contributed by atoms with Crippen LogP contribution < -0.4 is 5.56 Å². The van der Waals surface area contributed by atoms with Gasteiger partial charge in [-0.15, -0.1) is 11.6 Å². The van der Waals surface area contributed by atoms with E-state index in [-0.39, 0.29) is 16.3 Å². The maximum atomic E-state index is 12.5. The number of carbonyl (C=O) groups is 2. The van der Waals surface area contributed by atoms with E-state index in [1.807, 2.05) is 0 Å². The van der Waals surface area contributed by atoms with Gasteiger partial charge in [0.05, 0.1) is 28.2 Å². The van der Waals surface area contributed by atoms with Gasteiger partial charge in [0.1, 0.15) is 5.56 Å². The zero-order chi connectivity index (χ0) is 16.4. The lowest BCUT2D eigenvalue weighted by Gasteiger charge is -2.06. The van der Waals surface area contributed by atoms with Gasteiger partial charge in [-0.05, 0) is 19.1 Å².